The Kier molecular flexibility index (Phi) is 5.48. The SMILES string of the molecule is CN(c1ccc(Oc2nc(O)c3ccncc3n2)cc1)C1CCC(=O)N(c2ccccc2)C1. The number of fused-ring (bicyclic) bond motifs is 1. The molecule has 166 valence electrons. The Bertz CT molecular complexity index is 1280. The Labute approximate surface area is 191 Å². The van der Waals surface area contributed by atoms with Crippen molar-refractivity contribution in [3.05, 3.63) is 73.1 Å². The molecule has 33 heavy (non-hydrogen) atoms. The van der Waals surface area contributed by atoms with Gasteiger partial charge in [-0.2, -0.15) is 9.97 Å². The van der Waals surface area contributed by atoms with Crippen molar-refractivity contribution in [1.29, 1.82) is 0 Å². The van der Waals surface area contributed by atoms with E-state index in [-0.39, 0.29) is 23.8 Å². The van der Waals surface area contributed by atoms with E-state index in [2.05, 4.69) is 19.9 Å². The molecule has 8 heteroatoms. The number of rotatable bonds is 5. The lowest BCUT2D eigenvalue weighted by Gasteiger charge is -2.38. The third kappa shape index (κ3) is 4.27. The maximum absolute atomic E-state index is 12.5. The van der Waals surface area contributed by atoms with Gasteiger partial charge in [0.2, 0.25) is 11.8 Å². The van der Waals surface area contributed by atoms with Gasteiger partial charge in [0.05, 0.1) is 17.1 Å². The second-order valence-corrected chi connectivity index (χ2v) is 7.96. The number of aromatic nitrogens is 3. The smallest absolute Gasteiger partial charge is 0.325 e. The van der Waals surface area contributed by atoms with Crippen molar-refractivity contribution in [2.24, 2.45) is 0 Å². The molecule has 1 aliphatic rings. The van der Waals surface area contributed by atoms with E-state index in [0.29, 0.717) is 29.6 Å². The number of hydrogen-bond donors (Lipinski definition) is 1. The van der Waals surface area contributed by atoms with Crippen molar-refractivity contribution in [3.8, 4) is 17.6 Å². The molecule has 1 N–H and O–H groups in total. The molecule has 2 aromatic carbocycles. The molecule has 1 saturated heterocycles. The van der Waals surface area contributed by atoms with Gasteiger partial charge in [-0.25, -0.2) is 0 Å². The van der Waals surface area contributed by atoms with Crippen LogP contribution in [0.4, 0.5) is 11.4 Å². The zero-order valence-corrected chi connectivity index (χ0v) is 18.1. The lowest BCUT2D eigenvalue weighted by Crippen LogP contribution is -2.49. The van der Waals surface area contributed by atoms with E-state index in [0.717, 1.165) is 17.8 Å². The summed E-state index contributed by atoms with van der Waals surface area (Å²) >= 11 is 0. The van der Waals surface area contributed by atoms with Crippen LogP contribution in [-0.4, -0.2) is 45.6 Å². The lowest BCUT2D eigenvalue weighted by atomic mass is 10.0. The number of aromatic hydroxyl groups is 1. The molecule has 5 rings (SSSR count). The van der Waals surface area contributed by atoms with Gasteiger partial charge in [-0.1, -0.05) is 18.2 Å². The highest BCUT2D eigenvalue weighted by molar-refractivity contribution is 5.94. The summed E-state index contributed by atoms with van der Waals surface area (Å²) in [7, 11) is 2.04. The van der Waals surface area contributed by atoms with Crippen LogP contribution in [-0.2, 0) is 4.79 Å². The minimum atomic E-state index is -0.149. The summed E-state index contributed by atoms with van der Waals surface area (Å²) in [6, 6.07) is 19.3. The molecule has 0 bridgehead atoms. The van der Waals surface area contributed by atoms with Gasteiger partial charge in [-0.15, -0.1) is 0 Å². The molecule has 3 heterocycles. The van der Waals surface area contributed by atoms with Gasteiger partial charge in [0.15, 0.2) is 0 Å². The molecule has 1 amide bonds. The fraction of sp³-hybridized carbons (Fsp3) is 0.200. The summed E-state index contributed by atoms with van der Waals surface area (Å²) in [5.41, 5.74) is 2.45. The van der Waals surface area contributed by atoms with Gasteiger partial charge >= 0.3 is 6.01 Å². The standard InChI is InChI=1S/C25H23N5O3/c1-29(19-9-12-23(31)30(16-19)18-5-3-2-4-6-18)17-7-10-20(11-8-17)33-25-27-22-15-26-14-13-21(22)24(32)28-25/h2-8,10-11,13-15,19H,9,12,16H2,1H3,(H,27,28,32). The van der Waals surface area contributed by atoms with Crippen molar-refractivity contribution in [2.45, 2.75) is 18.9 Å². The first kappa shape index (κ1) is 20.7. The number of ether oxygens (including phenoxy) is 1. The molecule has 0 spiro atoms. The van der Waals surface area contributed by atoms with Crippen molar-refractivity contribution in [2.75, 3.05) is 23.4 Å². The van der Waals surface area contributed by atoms with Gasteiger partial charge in [0, 0.05) is 43.6 Å². The van der Waals surface area contributed by atoms with Gasteiger partial charge < -0.3 is 19.6 Å². The van der Waals surface area contributed by atoms with Crippen LogP contribution in [0.1, 0.15) is 12.8 Å². The van der Waals surface area contributed by atoms with Crippen LogP contribution in [0.25, 0.3) is 10.9 Å². The van der Waals surface area contributed by atoms with Crippen molar-refractivity contribution in [3.63, 3.8) is 0 Å². The molecule has 2 aromatic heterocycles. The van der Waals surface area contributed by atoms with E-state index in [1.54, 1.807) is 18.5 Å². The third-order valence-corrected chi connectivity index (χ3v) is 5.91. The summed E-state index contributed by atoms with van der Waals surface area (Å²) in [4.78, 5) is 28.9. The highest BCUT2D eigenvalue weighted by Crippen LogP contribution is 2.29. The molecule has 0 saturated carbocycles. The van der Waals surface area contributed by atoms with Gasteiger partial charge in [-0.05, 0) is 48.9 Å². The fourth-order valence-corrected chi connectivity index (χ4v) is 4.06. The second kappa shape index (κ2) is 8.74. The van der Waals surface area contributed by atoms with Gasteiger partial charge in [-0.3, -0.25) is 9.78 Å². The molecule has 1 aliphatic heterocycles. The number of amides is 1. The third-order valence-electron chi connectivity index (χ3n) is 5.91. The zero-order chi connectivity index (χ0) is 22.8. The van der Waals surface area contributed by atoms with Crippen LogP contribution in [0, 0.1) is 0 Å². The van der Waals surface area contributed by atoms with Crippen LogP contribution in [0.5, 0.6) is 17.6 Å². The van der Waals surface area contributed by atoms with Crippen LogP contribution < -0.4 is 14.5 Å². The summed E-state index contributed by atoms with van der Waals surface area (Å²) in [5.74, 6) is 0.562. The summed E-state index contributed by atoms with van der Waals surface area (Å²) in [6.07, 6.45) is 4.44. The predicted octanol–water partition coefficient (Wildman–Crippen LogP) is 4.15. The average molecular weight is 441 g/mol. The number of nitrogens with zero attached hydrogens (tertiary/aromatic N) is 5. The topological polar surface area (TPSA) is 91.7 Å². The Hall–Kier alpha value is -4.20. The number of likely N-dealkylation sites (N-methyl/N-ethyl adjacent to an activating group) is 1. The molecule has 4 aromatic rings. The van der Waals surface area contributed by atoms with E-state index in [1.807, 2.05) is 66.5 Å². The van der Waals surface area contributed by atoms with E-state index in [9.17, 15) is 9.90 Å². The van der Waals surface area contributed by atoms with E-state index >= 15 is 0 Å². The normalized spacial score (nSPS) is 16.1. The largest absolute Gasteiger partial charge is 0.493 e. The fourth-order valence-electron chi connectivity index (χ4n) is 4.06. The number of benzene rings is 2. The Morgan fingerprint density at radius 3 is 2.64 bits per heavy atom. The first-order valence-corrected chi connectivity index (χ1v) is 10.8. The minimum absolute atomic E-state index is 0.0541. The predicted molar refractivity (Wildman–Crippen MR) is 126 cm³/mol. The van der Waals surface area contributed by atoms with E-state index in [1.165, 1.54) is 0 Å². The Morgan fingerprint density at radius 1 is 1.06 bits per heavy atom. The molecule has 1 atom stereocenters. The summed E-state index contributed by atoms with van der Waals surface area (Å²) in [5, 5.41) is 10.6. The van der Waals surface area contributed by atoms with Crippen molar-refractivity contribution >= 4 is 28.2 Å². The number of carbonyl (C=O) groups is 1. The van der Waals surface area contributed by atoms with Crippen LogP contribution >= 0.6 is 0 Å². The average Bonchev–Trinajstić information content (AvgIpc) is 2.85. The maximum atomic E-state index is 12.5. The number of piperidine rings is 1. The number of pyridine rings is 1. The molecule has 1 unspecified atom stereocenters. The maximum Gasteiger partial charge on any atom is 0.325 e. The Morgan fingerprint density at radius 2 is 1.85 bits per heavy atom. The molecular formula is C25H23N5O3. The highest BCUT2D eigenvalue weighted by atomic mass is 16.5. The summed E-state index contributed by atoms with van der Waals surface area (Å²) < 4.78 is 5.76. The van der Waals surface area contributed by atoms with Crippen LogP contribution in [0.15, 0.2) is 73.1 Å². The van der Waals surface area contributed by atoms with E-state index in [4.69, 9.17) is 4.74 Å². The molecule has 8 nitrogen and oxygen atoms in total. The number of hydrogen-bond acceptors (Lipinski definition) is 7. The van der Waals surface area contributed by atoms with Crippen molar-refractivity contribution < 1.29 is 14.6 Å². The quantitative estimate of drug-likeness (QED) is 0.497. The second-order valence-electron chi connectivity index (χ2n) is 7.96. The van der Waals surface area contributed by atoms with Gasteiger partial charge in [0.25, 0.3) is 0 Å². The van der Waals surface area contributed by atoms with Gasteiger partial charge in [0.1, 0.15) is 5.75 Å². The van der Waals surface area contributed by atoms with E-state index < -0.39 is 0 Å². The molecular weight excluding hydrogens is 418 g/mol. The minimum Gasteiger partial charge on any atom is -0.493 e. The monoisotopic (exact) mass is 441 g/mol. The van der Waals surface area contributed by atoms with Crippen LogP contribution in [0.2, 0.25) is 0 Å². The highest BCUT2D eigenvalue weighted by Gasteiger charge is 2.29. The lowest BCUT2D eigenvalue weighted by molar-refractivity contribution is -0.119. The molecule has 0 radical (unpaired) electrons. The molecule has 1 fully saturated rings. The number of carbonyl (C=O) groups excluding carboxylic acids is 1. The molecule has 0 aliphatic carbocycles. The zero-order valence-electron chi connectivity index (χ0n) is 18.1. The Balaban J connectivity index is 1.30. The summed E-state index contributed by atoms with van der Waals surface area (Å²) in [6.45, 7) is 0.635. The number of para-hydroxylation sites is 1. The first-order valence-electron chi connectivity index (χ1n) is 10.8. The van der Waals surface area contributed by atoms with Crippen LogP contribution in [0.3, 0.4) is 0 Å². The first-order chi connectivity index (χ1) is 16.1. The number of anilines is 2. The van der Waals surface area contributed by atoms with Crippen molar-refractivity contribution in [1.82, 2.24) is 15.0 Å².